The predicted octanol–water partition coefficient (Wildman–Crippen LogP) is 16.3. The first-order valence-electron chi connectivity index (χ1n) is 25.2. The Bertz CT molecular complexity index is 4600. The molecule has 8 heteroatoms. The first kappa shape index (κ1) is 42.4. The Balaban J connectivity index is 0.961. The Hall–Kier alpha value is -10.3. The molecule has 5 heterocycles. The number of para-hydroxylation sites is 6. The molecule has 0 fully saturated rings. The number of hydrogen-bond acceptors (Lipinski definition) is 5. The smallest absolute Gasteiger partial charge is 0.238 e. The Morgan fingerprint density at radius 2 is 0.707 bits per heavy atom. The van der Waals surface area contributed by atoms with Crippen molar-refractivity contribution in [3.05, 3.63) is 255 Å². The number of rotatable bonds is 8. The van der Waals surface area contributed by atoms with Crippen LogP contribution < -0.4 is 0 Å². The highest BCUT2D eigenvalue weighted by Gasteiger charge is 2.24. The van der Waals surface area contributed by atoms with Gasteiger partial charge >= 0.3 is 0 Å². The first-order chi connectivity index (χ1) is 37.2. The van der Waals surface area contributed by atoms with E-state index < -0.39 is 0 Å². The van der Waals surface area contributed by atoms with Crippen LogP contribution in [0, 0.1) is 0 Å². The molecule has 8 nitrogen and oxygen atoms in total. The fourth-order valence-corrected chi connectivity index (χ4v) is 11.2. The maximum atomic E-state index is 5.63. The summed E-state index contributed by atoms with van der Waals surface area (Å²) < 4.78 is 6.95. The molecule has 0 aliphatic carbocycles. The van der Waals surface area contributed by atoms with Crippen LogP contribution in [0.4, 0.5) is 0 Å². The molecule has 0 atom stereocenters. The van der Waals surface area contributed by atoms with E-state index in [-0.39, 0.29) is 0 Å². The van der Waals surface area contributed by atoms with E-state index in [1.807, 2.05) is 66.7 Å². The lowest BCUT2D eigenvalue weighted by Gasteiger charge is -2.16. The van der Waals surface area contributed by atoms with Gasteiger partial charge in [-0.3, -0.25) is 4.57 Å². The fourth-order valence-electron chi connectivity index (χ4n) is 11.2. The second-order valence-corrected chi connectivity index (χ2v) is 18.8. The molecule has 0 spiro atoms. The van der Waals surface area contributed by atoms with Crippen LogP contribution >= 0.6 is 0 Å². The van der Waals surface area contributed by atoms with Crippen LogP contribution in [-0.4, -0.2) is 38.6 Å². The summed E-state index contributed by atoms with van der Waals surface area (Å²) >= 11 is 0. The molecule has 0 saturated carbocycles. The fraction of sp³-hybridized carbons (Fsp3) is 0. The van der Waals surface area contributed by atoms with Gasteiger partial charge in [0, 0.05) is 65.8 Å². The molecular weight excluding hydrogens is 917 g/mol. The van der Waals surface area contributed by atoms with Crippen molar-refractivity contribution in [1.29, 1.82) is 0 Å². The normalized spacial score (nSPS) is 11.7. The third-order valence-electron chi connectivity index (χ3n) is 14.5. The van der Waals surface area contributed by atoms with Gasteiger partial charge in [0.05, 0.1) is 50.2 Å². The second kappa shape index (κ2) is 17.2. The molecule has 0 aliphatic heterocycles. The van der Waals surface area contributed by atoms with Crippen LogP contribution in [0.5, 0.6) is 0 Å². The lowest BCUT2D eigenvalue weighted by Crippen LogP contribution is -2.07. The molecule has 350 valence electrons. The zero-order chi connectivity index (χ0) is 49.4. The summed E-state index contributed by atoms with van der Waals surface area (Å²) in [6, 6.07) is 89.1. The zero-order valence-corrected chi connectivity index (χ0v) is 40.3. The van der Waals surface area contributed by atoms with Crippen molar-refractivity contribution in [2.45, 2.75) is 0 Å². The summed E-state index contributed by atoms with van der Waals surface area (Å²) in [7, 11) is 0. The number of aromatic nitrogens is 8. The van der Waals surface area contributed by atoms with E-state index in [0.29, 0.717) is 23.4 Å². The van der Waals surface area contributed by atoms with E-state index >= 15 is 0 Å². The van der Waals surface area contributed by atoms with E-state index in [0.717, 1.165) is 94.2 Å². The molecule has 10 aromatic carbocycles. The average Bonchev–Trinajstić information content (AvgIpc) is 4.19. The summed E-state index contributed by atoms with van der Waals surface area (Å²) in [6.07, 6.45) is 0. The summed E-state index contributed by atoms with van der Waals surface area (Å²) in [5.74, 6) is 2.29. The van der Waals surface area contributed by atoms with Crippen LogP contribution in [0.25, 0.3) is 139 Å². The minimum atomic E-state index is 0.511. The van der Waals surface area contributed by atoms with Crippen molar-refractivity contribution in [2.24, 2.45) is 0 Å². The van der Waals surface area contributed by atoms with Gasteiger partial charge in [-0.25, -0.2) is 15.0 Å². The summed E-state index contributed by atoms with van der Waals surface area (Å²) in [4.78, 5) is 26.7. The molecule has 0 bridgehead atoms. The Kier molecular flexibility index (Phi) is 9.71. The van der Waals surface area contributed by atoms with Crippen molar-refractivity contribution in [2.75, 3.05) is 0 Å². The lowest BCUT2D eigenvalue weighted by atomic mass is 10.0. The van der Waals surface area contributed by atoms with E-state index in [1.165, 1.54) is 21.8 Å². The Morgan fingerprint density at radius 1 is 0.253 bits per heavy atom. The minimum absolute atomic E-state index is 0.511. The minimum Gasteiger partial charge on any atom is -0.309 e. The quantitative estimate of drug-likeness (QED) is 0.152. The van der Waals surface area contributed by atoms with Gasteiger partial charge in [-0.1, -0.05) is 194 Å². The van der Waals surface area contributed by atoms with Crippen molar-refractivity contribution in [3.8, 4) is 74.0 Å². The molecule has 0 aliphatic rings. The van der Waals surface area contributed by atoms with Gasteiger partial charge in [-0.05, 0) is 60.7 Å². The Labute approximate surface area is 430 Å². The van der Waals surface area contributed by atoms with Gasteiger partial charge in [0.25, 0.3) is 0 Å². The van der Waals surface area contributed by atoms with Gasteiger partial charge in [0.2, 0.25) is 5.95 Å². The van der Waals surface area contributed by atoms with E-state index in [4.69, 9.17) is 24.9 Å². The topological polar surface area (TPSA) is 79.2 Å². The van der Waals surface area contributed by atoms with Crippen LogP contribution in [0.1, 0.15) is 0 Å². The highest BCUT2D eigenvalue weighted by molar-refractivity contribution is 6.14. The highest BCUT2D eigenvalue weighted by Crippen LogP contribution is 2.42. The number of hydrogen-bond donors (Lipinski definition) is 0. The molecule has 0 unspecified atom stereocenters. The maximum Gasteiger partial charge on any atom is 0.238 e. The van der Waals surface area contributed by atoms with Gasteiger partial charge in [0.1, 0.15) is 0 Å². The summed E-state index contributed by atoms with van der Waals surface area (Å²) in [6.45, 7) is 0. The standard InChI is InChI=1S/C67H42N8/c1-4-21-43(22-5-1)55-42-56(52-33-20-32-51-49-29-12-18-37-60(49)75(63(51)52)67-71-64(44-23-6-2-7-24-44)70-65(72-67)45-25-8-3-9-26-45)69-66(68-55)53-31-14-19-38-61(53)74-59-36-17-13-30-50(59)54-41-46(39-40-62(54)74)73-57-34-15-10-27-47(57)48-28-11-16-35-58(48)73/h1-42H. The number of benzene rings is 10. The molecule has 75 heavy (non-hydrogen) atoms. The van der Waals surface area contributed by atoms with Gasteiger partial charge in [0.15, 0.2) is 17.5 Å². The van der Waals surface area contributed by atoms with Crippen LogP contribution in [0.3, 0.4) is 0 Å². The molecule has 15 rings (SSSR count). The van der Waals surface area contributed by atoms with Crippen LogP contribution in [-0.2, 0) is 0 Å². The first-order valence-corrected chi connectivity index (χ1v) is 25.2. The third kappa shape index (κ3) is 6.88. The van der Waals surface area contributed by atoms with Gasteiger partial charge in [-0.15, -0.1) is 0 Å². The molecule has 0 radical (unpaired) electrons. The molecule has 5 aromatic heterocycles. The SMILES string of the molecule is c1ccc(-c2cc(-c3cccc4c5ccccc5n(-c5nc(-c6ccccc6)nc(-c6ccccc6)n5)c34)nc(-c3ccccc3-n3c4ccccc4c4cc(-n5c6ccccc6c6ccccc65)ccc43)n2)cc1. The van der Waals surface area contributed by atoms with Gasteiger partial charge in [-0.2, -0.15) is 9.97 Å². The molecule has 0 amide bonds. The number of fused-ring (bicyclic) bond motifs is 9. The molecule has 0 saturated heterocycles. The molecular formula is C67H42N8. The largest absolute Gasteiger partial charge is 0.309 e. The zero-order valence-electron chi connectivity index (χ0n) is 40.3. The summed E-state index contributed by atoms with van der Waals surface area (Å²) in [5, 5.41) is 6.92. The van der Waals surface area contributed by atoms with E-state index in [1.54, 1.807) is 0 Å². The summed E-state index contributed by atoms with van der Waals surface area (Å²) in [5.41, 5.74) is 14.7. The van der Waals surface area contributed by atoms with E-state index in [9.17, 15) is 0 Å². The van der Waals surface area contributed by atoms with Crippen molar-refractivity contribution < 1.29 is 0 Å². The number of nitrogens with zero attached hydrogens (tertiary/aromatic N) is 8. The monoisotopic (exact) mass is 958 g/mol. The van der Waals surface area contributed by atoms with Crippen molar-refractivity contribution in [1.82, 2.24) is 38.6 Å². The van der Waals surface area contributed by atoms with Crippen molar-refractivity contribution >= 4 is 65.4 Å². The Morgan fingerprint density at radius 3 is 1.33 bits per heavy atom. The second-order valence-electron chi connectivity index (χ2n) is 18.8. The molecule has 15 aromatic rings. The van der Waals surface area contributed by atoms with Crippen LogP contribution in [0.15, 0.2) is 255 Å². The average molecular weight is 959 g/mol. The van der Waals surface area contributed by atoms with Crippen LogP contribution in [0.2, 0.25) is 0 Å². The molecule has 0 N–H and O–H groups in total. The predicted molar refractivity (Wildman–Crippen MR) is 306 cm³/mol. The third-order valence-corrected chi connectivity index (χ3v) is 14.5. The lowest BCUT2D eigenvalue weighted by molar-refractivity contribution is 0.953. The van der Waals surface area contributed by atoms with E-state index in [2.05, 4.69) is 202 Å². The maximum absolute atomic E-state index is 5.63. The van der Waals surface area contributed by atoms with Crippen molar-refractivity contribution in [3.63, 3.8) is 0 Å². The highest BCUT2D eigenvalue weighted by atomic mass is 15.2. The van der Waals surface area contributed by atoms with Gasteiger partial charge < -0.3 is 9.13 Å².